The van der Waals surface area contributed by atoms with E-state index in [0.29, 0.717) is 33.4 Å². The van der Waals surface area contributed by atoms with E-state index in [0.717, 1.165) is 5.56 Å². The molecule has 0 amide bonds. The van der Waals surface area contributed by atoms with Gasteiger partial charge in [-0.15, -0.1) is 0 Å². The van der Waals surface area contributed by atoms with Crippen molar-refractivity contribution >= 4 is 22.6 Å². The second-order valence-corrected chi connectivity index (χ2v) is 4.78. The third kappa shape index (κ3) is 2.50. The van der Waals surface area contributed by atoms with Crippen LogP contribution in [0.25, 0.3) is 22.3 Å². The third-order valence-electron chi connectivity index (χ3n) is 3.17. The highest BCUT2D eigenvalue weighted by Gasteiger charge is 2.12. The minimum atomic E-state index is 0.362. The SMILES string of the molecule is COc1cc2nc(Cl)c(-c3ccccc3)nc2cc1OC. The van der Waals surface area contributed by atoms with Gasteiger partial charge in [-0.3, -0.25) is 0 Å². The number of nitrogens with zero attached hydrogens (tertiary/aromatic N) is 2. The van der Waals surface area contributed by atoms with Gasteiger partial charge in [0, 0.05) is 17.7 Å². The topological polar surface area (TPSA) is 44.2 Å². The maximum Gasteiger partial charge on any atom is 0.163 e. The lowest BCUT2D eigenvalue weighted by Crippen LogP contribution is -1.95. The second kappa shape index (κ2) is 5.58. The Balaban J connectivity index is 2.23. The van der Waals surface area contributed by atoms with Crippen molar-refractivity contribution in [2.45, 2.75) is 0 Å². The summed E-state index contributed by atoms with van der Waals surface area (Å²) in [4.78, 5) is 9.00. The van der Waals surface area contributed by atoms with Crippen LogP contribution in [0.5, 0.6) is 11.5 Å². The monoisotopic (exact) mass is 300 g/mol. The maximum absolute atomic E-state index is 6.26. The van der Waals surface area contributed by atoms with E-state index in [1.807, 2.05) is 30.3 Å². The van der Waals surface area contributed by atoms with Gasteiger partial charge in [-0.05, 0) is 0 Å². The van der Waals surface area contributed by atoms with Crippen molar-refractivity contribution in [2.24, 2.45) is 0 Å². The van der Waals surface area contributed by atoms with E-state index < -0.39 is 0 Å². The molecule has 0 aliphatic carbocycles. The molecule has 0 bridgehead atoms. The Kier molecular flexibility index (Phi) is 3.62. The first kappa shape index (κ1) is 13.6. The fourth-order valence-electron chi connectivity index (χ4n) is 2.14. The summed E-state index contributed by atoms with van der Waals surface area (Å²) in [6.45, 7) is 0. The van der Waals surface area contributed by atoms with Crippen molar-refractivity contribution in [1.82, 2.24) is 9.97 Å². The number of ether oxygens (including phenoxy) is 2. The Morgan fingerprint density at radius 3 is 2.00 bits per heavy atom. The van der Waals surface area contributed by atoms with Crippen LogP contribution >= 0.6 is 11.6 Å². The lowest BCUT2D eigenvalue weighted by Gasteiger charge is -2.10. The number of fused-ring (bicyclic) bond motifs is 1. The van der Waals surface area contributed by atoms with Crippen LogP contribution in [0.2, 0.25) is 5.15 Å². The molecule has 5 heteroatoms. The van der Waals surface area contributed by atoms with Crippen molar-refractivity contribution in [3.8, 4) is 22.8 Å². The Hall–Kier alpha value is -2.33. The van der Waals surface area contributed by atoms with Gasteiger partial charge in [0.2, 0.25) is 0 Å². The molecule has 0 aliphatic rings. The Morgan fingerprint density at radius 2 is 1.43 bits per heavy atom. The average molecular weight is 301 g/mol. The number of aromatic nitrogens is 2. The lowest BCUT2D eigenvalue weighted by molar-refractivity contribution is 0.355. The number of hydrogen-bond donors (Lipinski definition) is 0. The van der Waals surface area contributed by atoms with Gasteiger partial charge in [-0.1, -0.05) is 41.9 Å². The minimum Gasteiger partial charge on any atom is -0.493 e. The molecule has 1 aromatic heterocycles. The normalized spacial score (nSPS) is 10.6. The van der Waals surface area contributed by atoms with Crippen LogP contribution in [0.3, 0.4) is 0 Å². The highest BCUT2D eigenvalue weighted by atomic mass is 35.5. The van der Waals surface area contributed by atoms with Gasteiger partial charge in [0.25, 0.3) is 0 Å². The smallest absolute Gasteiger partial charge is 0.163 e. The van der Waals surface area contributed by atoms with E-state index in [1.165, 1.54) is 0 Å². The van der Waals surface area contributed by atoms with Crippen LogP contribution in [0, 0.1) is 0 Å². The molecular formula is C16H13ClN2O2. The quantitative estimate of drug-likeness (QED) is 0.734. The standard InChI is InChI=1S/C16H13ClN2O2/c1-20-13-8-11-12(9-14(13)21-2)19-16(17)15(18-11)10-6-4-3-5-7-10/h3-9H,1-2H3. The molecule has 106 valence electrons. The zero-order chi connectivity index (χ0) is 14.8. The van der Waals surface area contributed by atoms with Crippen LogP contribution < -0.4 is 9.47 Å². The molecule has 0 saturated carbocycles. The van der Waals surface area contributed by atoms with Crippen molar-refractivity contribution < 1.29 is 9.47 Å². The van der Waals surface area contributed by atoms with Crippen LogP contribution in [0.4, 0.5) is 0 Å². The molecule has 0 atom stereocenters. The molecule has 3 rings (SSSR count). The molecule has 3 aromatic rings. The predicted octanol–water partition coefficient (Wildman–Crippen LogP) is 3.97. The number of halogens is 1. The number of rotatable bonds is 3. The summed E-state index contributed by atoms with van der Waals surface area (Å²) in [5.74, 6) is 1.21. The van der Waals surface area contributed by atoms with Gasteiger partial charge in [-0.2, -0.15) is 0 Å². The van der Waals surface area contributed by atoms with Crippen molar-refractivity contribution in [3.63, 3.8) is 0 Å². The number of benzene rings is 2. The Morgan fingerprint density at radius 1 is 0.857 bits per heavy atom. The van der Waals surface area contributed by atoms with Gasteiger partial charge in [0.1, 0.15) is 5.69 Å². The Bertz CT molecular complexity index is 791. The summed E-state index contributed by atoms with van der Waals surface area (Å²) >= 11 is 6.26. The maximum atomic E-state index is 6.26. The lowest BCUT2D eigenvalue weighted by atomic mass is 10.1. The molecule has 0 N–H and O–H groups in total. The van der Waals surface area contributed by atoms with Crippen molar-refractivity contribution in [2.75, 3.05) is 14.2 Å². The highest BCUT2D eigenvalue weighted by molar-refractivity contribution is 6.32. The number of hydrogen-bond acceptors (Lipinski definition) is 4. The molecule has 2 aromatic carbocycles. The average Bonchev–Trinajstić information content (AvgIpc) is 2.53. The molecule has 0 aliphatic heterocycles. The predicted molar refractivity (Wildman–Crippen MR) is 83.1 cm³/mol. The molecule has 0 spiro atoms. The highest BCUT2D eigenvalue weighted by Crippen LogP contribution is 2.33. The largest absolute Gasteiger partial charge is 0.493 e. The molecule has 21 heavy (non-hydrogen) atoms. The van der Waals surface area contributed by atoms with E-state index >= 15 is 0 Å². The zero-order valence-electron chi connectivity index (χ0n) is 11.6. The van der Waals surface area contributed by atoms with E-state index in [9.17, 15) is 0 Å². The van der Waals surface area contributed by atoms with Crippen molar-refractivity contribution in [1.29, 1.82) is 0 Å². The van der Waals surface area contributed by atoms with Gasteiger partial charge in [-0.25, -0.2) is 9.97 Å². The van der Waals surface area contributed by atoms with Gasteiger partial charge >= 0.3 is 0 Å². The first-order valence-corrected chi connectivity index (χ1v) is 6.75. The molecule has 4 nitrogen and oxygen atoms in total. The first-order valence-electron chi connectivity index (χ1n) is 6.37. The summed E-state index contributed by atoms with van der Waals surface area (Å²) in [7, 11) is 3.17. The summed E-state index contributed by atoms with van der Waals surface area (Å²) in [5.41, 5.74) is 2.94. The van der Waals surface area contributed by atoms with Crippen LogP contribution in [-0.4, -0.2) is 24.2 Å². The van der Waals surface area contributed by atoms with Gasteiger partial charge in [0.15, 0.2) is 16.7 Å². The summed E-state index contributed by atoms with van der Waals surface area (Å²) in [6, 6.07) is 13.3. The van der Waals surface area contributed by atoms with Crippen LogP contribution in [0.15, 0.2) is 42.5 Å². The van der Waals surface area contributed by atoms with Crippen molar-refractivity contribution in [3.05, 3.63) is 47.6 Å². The van der Waals surface area contributed by atoms with E-state index in [2.05, 4.69) is 9.97 Å². The number of methoxy groups -OCH3 is 2. The molecule has 0 fully saturated rings. The summed E-state index contributed by atoms with van der Waals surface area (Å²) < 4.78 is 10.6. The second-order valence-electron chi connectivity index (χ2n) is 4.42. The Labute approximate surface area is 127 Å². The summed E-state index contributed by atoms with van der Waals surface area (Å²) in [6.07, 6.45) is 0. The first-order chi connectivity index (χ1) is 10.2. The van der Waals surface area contributed by atoms with E-state index in [1.54, 1.807) is 26.4 Å². The molecular weight excluding hydrogens is 288 g/mol. The molecule has 1 heterocycles. The third-order valence-corrected chi connectivity index (χ3v) is 3.44. The van der Waals surface area contributed by atoms with E-state index in [4.69, 9.17) is 21.1 Å². The van der Waals surface area contributed by atoms with E-state index in [-0.39, 0.29) is 0 Å². The van der Waals surface area contributed by atoms with Crippen LogP contribution in [0.1, 0.15) is 0 Å². The minimum absolute atomic E-state index is 0.362. The molecule has 0 unspecified atom stereocenters. The fraction of sp³-hybridized carbons (Fsp3) is 0.125. The van der Waals surface area contributed by atoms with Gasteiger partial charge < -0.3 is 9.47 Å². The molecule has 0 radical (unpaired) electrons. The van der Waals surface area contributed by atoms with Crippen LogP contribution in [-0.2, 0) is 0 Å². The zero-order valence-corrected chi connectivity index (χ0v) is 12.4. The molecule has 0 saturated heterocycles. The summed E-state index contributed by atoms with van der Waals surface area (Å²) in [5, 5.41) is 0.362. The van der Waals surface area contributed by atoms with Gasteiger partial charge in [0.05, 0.1) is 25.3 Å². The fourth-order valence-corrected chi connectivity index (χ4v) is 2.38.